The highest BCUT2D eigenvalue weighted by atomic mass is 35.5. The molecule has 0 saturated carbocycles. The van der Waals surface area contributed by atoms with E-state index < -0.39 is 6.09 Å². The number of amides is 1. The van der Waals surface area contributed by atoms with Crippen LogP contribution in [0.25, 0.3) is 0 Å². The number of benzene rings is 2. The van der Waals surface area contributed by atoms with Gasteiger partial charge in [0.1, 0.15) is 5.75 Å². The van der Waals surface area contributed by atoms with Crippen molar-refractivity contribution in [2.24, 2.45) is 0 Å². The summed E-state index contributed by atoms with van der Waals surface area (Å²) in [6.45, 7) is 0. The first-order valence-electron chi connectivity index (χ1n) is 5.14. The van der Waals surface area contributed by atoms with Crippen LogP contribution in [0.2, 0.25) is 10.0 Å². The lowest BCUT2D eigenvalue weighted by atomic mass is 10.3. The molecule has 0 spiro atoms. The zero-order chi connectivity index (χ0) is 13.0. The monoisotopic (exact) mass is 281 g/mol. The van der Waals surface area contributed by atoms with Gasteiger partial charge in [-0.25, -0.2) is 4.79 Å². The molecule has 0 heterocycles. The summed E-state index contributed by atoms with van der Waals surface area (Å²) in [5, 5.41) is 3.33. The molecule has 0 aliphatic carbocycles. The third-order valence-electron chi connectivity index (χ3n) is 2.12. The molecule has 0 fully saturated rings. The highest BCUT2D eigenvalue weighted by molar-refractivity contribution is 6.42. The second-order valence-electron chi connectivity index (χ2n) is 3.46. The summed E-state index contributed by atoms with van der Waals surface area (Å²) in [4.78, 5) is 11.6. The van der Waals surface area contributed by atoms with E-state index in [1.165, 1.54) is 6.07 Å². The van der Waals surface area contributed by atoms with Crippen molar-refractivity contribution in [1.29, 1.82) is 0 Å². The second-order valence-corrected chi connectivity index (χ2v) is 4.27. The fourth-order valence-electron chi connectivity index (χ4n) is 1.31. The van der Waals surface area contributed by atoms with Crippen LogP contribution in [0.4, 0.5) is 10.5 Å². The number of para-hydroxylation sites is 1. The molecule has 0 aliphatic rings. The zero-order valence-corrected chi connectivity index (χ0v) is 10.7. The van der Waals surface area contributed by atoms with Crippen LogP contribution in [0.5, 0.6) is 5.75 Å². The largest absolute Gasteiger partial charge is 0.417 e. The molecule has 3 nitrogen and oxygen atoms in total. The van der Waals surface area contributed by atoms with Gasteiger partial charge in [-0.3, -0.25) is 5.32 Å². The molecule has 2 aromatic carbocycles. The molecule has 5 heteroatoms. The minimum atomic E-state index is -0.584. The van der Waals surface area contributed by atoms with Gasteiger partial charge in [-0.1, -0.05) is 41.4 Å². The number of rotatable bonds is 2. The van der Waals surface area contributed by atoms with Crippen LogP contribution in [-0.2, 0) is 0 Å². The highest BCUT2D eigenvalue weighted by Gasteiger charge is 2.06. The van der Waals surface area contributed by atoms with Crippen LogP contribution in [0.3, 0.4) is 0 Å². The van der Waals surface area contributed by atoms with Gasteiger partial charge < -0.3 is 4.74 Å². The number of hydrogen-bond acceptors (Lipinski definition) is 2. The maximum atomic E-state index is 11.6. The molecule has 2 aromatic rings. The van der Waals surface area contributed by atoms with Crippen molar-refractivity contribution in [3.8, 4) is 5.75 Å². The first-order chi connectivity index (χ1) is 8.65. The Morgan fingerprint density at radius 1 is 1.00 bits per heavy atom. The third-order valence-corrected chi connectivity index (χ3v) is 2.86. The zero-order valence-electron chi connectivity index (χ0n) is 9.19. The van der Waals surface area contributed by atoms with Crippen LogP contribution < -0.4 is 10.1 Å². The SMILES string of the molecule is O=C(Nc1ccccc1)Oc1ccc(Cl)c(Cl)c1. The predicted octanol–water partition coefficient (Wildman–Crippen LogP) is 4.60. The lowest BCUT2D eigenvalue weighted by molar-refractivity contribution is 0.215. The molecule has 1 amide bonds. The van der Waals surface area contributed by atoms with Crippen molar-refractivity contribution in [2.45, 2.75) is 0 Å². The summed E-state index contributed by atoms with van der Waals surface area (Å²) in [7, 11) is 0. The van der Waals surface area contributed by atoms with Crippen LogP contribution in [0.15, 0.2) is 48.5 Å². The molecule has 0 radical (unpaired) electrons. The lowest BCUT2D eigenvalue weighted by Gasteiger charge is -2.07. The number of anilines is 1. The van der Waals surface area contributed by atoms with E-state index >= 15 is 0 Å². The third kappa shape index (κ3) is 3.39. The summed E-state index contributed by atoms with van der Waals surface area (Å²) in [6.07, 6.45) is -0.584. The van der Waals surface area contributed by atoms with Gasteiger partial charge in [-0.2, -0.15) is 0 Å². The molecule has 18 heavy (non-hydrogen) atoms. The van der Waals surface area contributed by atoms with Crippen LogP contribution in [0, 0.1) is 0 Å². The second kappa shape index (κ2) is 5.76. The van der Waals surface area contributed by atoms with E-state index in [0.717, 1.165) is 0 Å². The summed E-state index contributed by atoms with van der Waals surface area (Å²) in [6, 6.07) is 13.6. The Bertz CT molecular complexity index is 558. The van der Waals surface area contributed by atoms with Crippen molar-refractivity contribution in [1.82, 2.24) is 0 Å². The molecule has 0 aromatic heterocycles. The van der Waals surface area contributed by atoms with E-state index in [-0.39, 0.29) is 0 Å². The maximum absolute atomic E-state index is 11.6. The molecule has 2 rings (SSSR count). The van der Waals surface area contributed by atoms with Gasteiger partial charge in [-0.05, 0) is 24.3 Å². The van der Waals surface area contributed by atoms with Gasteiger partial charge in [0, 0.05) is 11.8 Å². The molecule has 1 N–H and O–H groups in total. The Balaban J connectivity index is 2.01. The Kier molecular flexibility index (Phi) is 4.07. The topological polar surface area (TPSA) is 38.3 Å². The predicted molar refractivity (Wildman–Crippen MR) is 72.6 cm³/mol. The van der Waals surface area contributed by atoms with Gasteiger partial charge in [0.2, 0.25) is 0 Å². The Morgan fingerprint density at radius 3 is 2.39 bits per heavy atom. The van der Waals surface area contributed by atoms with E-state index in [1.807, 2.05) is 18.2 Å². The molecular weight excluding hydrogens is 273 g/mol. The summed E-state index contributed by atoms with van der Waals surface area (Å²) in [5.74, 6) is 0.331. The molecular formula is C13H9Cl2NO2. The number of ether oxygens (including phenoxy) is 1. The number of nitrogens with one attached hydrogen (secondary N) is 1. The van der Waals surface area contributed by atoms with E-state index in [2.05, 4.69) is 5.32 Å². The van der Waals surface area contributed by atoms with E-state index in [1.54, 1.807) is 24.3 Å². The van der Waals surface area contributed by atoms with Crippen molar-refractivity contribution in [3.63, 3.8) is 0 Å². The standard InChI is InChI=1S/C13H9Cl2NO2/c14-11-7-6-10(8-12(11)15)18-13(17)16-9-4-2-1-3-5-9/h1-8H,(H,16,17). The van der Waals surface area contributed by atoms with Crippen LogP contribution in [0.1, 0.15) is 0 Å². The van der Waals surface area contributed by atoms with Gasteiger partial charge >= 0.3 is 6.09 Å². The van der Waals surface area contributed by atoms with Crippen LogP contribution >= 0.6 is 23.2 Å². The number of carbonyl (C=O) groups excluding carboxylic acids is 1. The molecule has 92 valence electrons. The molecule has 0 bridgehead atoms. The minimum Gasteiger partial charge on any atom is -0.410 e. The van der Waals surface area contributed by atoms with Gasteiger partial charge in [0.15, 0.2) is 0 Å². The Morgan fingerprint density at radius 2 is 1.72 bits per heavy atom. The summed E-state index contributed by atoms with van der Waals surface area (Å²) >= 11 is 11.6. The van der Waals surface area contributed by atoms with Crippen molar-refractivity contribution >= 4 is 35.0 Å². The van der Waals surface area contributed by atoms with E-state index in [9.17, 15) is 4.79 Å². The minimum absolute atomic E-state index is 0.331. The number of hydrogen-bond donors (Lipinski definition) is 1. The normalized spacial score (nSPS) is 9.89. The van der Waals surface area contributed by atoms with E-state index in [0.29, 0.717) is 21.5 Å². The van der Waals surface area contributed by atoms with Crippen LogP contribution in [-0.4, -0.2) is 6.09 Å². The average Bonchev–Trinajstić information content (AvgIpc) is 2.35. The van der Waals surface area contributed by atoms with Gasteiger partial charge in [-0.15, -0.1) is 0 Å². The highest BCUT2D eigenvalue weighted by Crippen LogP contribution is 2.26. The average molecular weight is 282 g/mol. The molecule has 0 saturated heterocycles. The Hall–Kier alpha value is -1.71. The summed E-state index contributed by atoms with van der Waals surface area (Å²) in [5.41, 5.74) is 0.655. The molecule has 0 unspecified atom stereocenters. The Labute approximate surface area is 114 Å². The van der Waals surface area contributed by atoms with Crippen molar-refractivity contribution < 1.29 is 9.53 Å². The van der Waals surface area contributed by atoms with Crippen molar-refractivity contribution in [3.05, 3.63) is 58.6 Å². The van der Waals surface area contributed by atoms with Gasteiger partial charge in [0.25, 0.3) is 0 Å². The lowest BCUT2D eigenvalue weighted by Crippen LogP contribution is -2.16. The quantitative estimate of drug-likeness (QED) is 0.873. The molecule has 0 aliphatic heterocycles. The first kappa shape index (κ1) is 12.7. The van der Waals surface area contributed by atoms with Crippen molar-refractivity contribution in [2.75, 3.05) is 5.32 Å². The number of carbonyl (C=O) groups is 1. The first-order valence-corrected chi connectivity index (χ1v) is 5.89. The smallest absolute Gasteiger partial charge is 0.410 e. The maximum Gasteiger partial charge on any atom is 0.417 e. The van der Waals surface area contributed by atoms with E-state index in [4.69, 9.17) is 27.9 Å². The molecule has 0 atom stereocenters. The fourth-order valence-corrected chi connectivity index (χ4v) is 1.60. The number of halogens is 2. The van der Waals surface area contributed by atoms with Gasteiger partial charge in [0.05, 0.1) is 10.0 Å². The fraction of sp³-hybridized carbons (Fsp3) is 0. The summed E-state index contributed by atoms with van der Waals surface area (Å²) < 4.78 is 5.06.